The van der Waals surface area contributed by atoms with Crippen LogP contribution in [0.15, 0.2) is 54.5 Å². The topological polar surface area (TPSA) is 56.7 Å². The predicted molar refractivity (Wildman–Crippen MR) is 98.7 cm³/mol. The number of rotatable bonds is 3. The minimum absolute atomic E-state index is 0.0156. The van der Waals surface area contributed by atoms with E-state index in [-0.39, 0.29) is 17.3 Å². The number of nitrogens with zero attached hydrogens (tertiary/aromatic N) is 3. The van der Waals surface area contributed by atoms with Crippen molar-refractivity contribution < 1.29 is 9.90 Å². The van der Waals surface area contributed by atoms with E-state index in [0.717, 1.165) is 16.9 Å². The van der Waals surface area contributed by atoms with E-state index in [9.17, 15) is 9.90 Å². The van der Waals surface area contributed by atoms with Crippen LogP contribution in [0.4, 0.5) is 0 Å². The molecule has 0 saturated carbocycles. The lowest BCUT2D eigenvalue weighted by atomic mass is 10.0. The van der Waals surface area contributed by atoms with Gasteiger partial charge in [0.15, 0.2) is 5.50 Å². The lowest BCUT2D eigenvalue weighted by molar-refractivity contribution is -0.129. The average Bonchev–Trinajstić information content (AvgIpc) is 3.11. The van der Waals surface area contributed by atoms with Gasteiger partial charge in [-0.05, 0) is 17.2 Å². The maximum Gasteiger partial charge on any atom is 0.262 e. The number of aliphatic hydroxyl groups excluding tert-OH is 1. The summed E-state index contributed by atoms with van der Waals surface area (Å²) in [5, 5.41) is 11.3. The van der Waals surface area contributed by atoms with Gasteiger partial charge in [-0.15, -0.1) is 11.8 Å². The highest BCUT2D eigenvalue weighted by Gasteiger charge is 2.43. The van der Waals surface area contributed by atoms with Gasteiger partial charge in [-0.1, -0.05) is 48.0 Å². The molecule has 0 aliphatic carbocycles. The zero-order valence-corrected chi connectivity index (χ0v) is 14.9. The molecule has 0 bridgehead atoms. The van der Waals surface area contributed by atoms with E-state index < -0.39 is 0 Å². The Bertz CT molecular complexity index is 826. The zero-order chi connectivity index (χ0) is 17.4. The lowest BCUT2D eigenvalue weighted by Crippen LogP contribution is -2.50. The second-order valence-electron chi connectivity index (χ2n) is 5.88. The van der Waals surface area contributed by atoms with E-state index in [1.807, 2.05) is 46.2 Å². The van der Waals surface area contributed by atoms with E-state index in [4.69, 9.17) is 11.6 Å². The summed E-state index contributed by atoms with van der Waals surface area (Å²) in [5.41, 5.74) is 1.79. The number of hydrogen-bond donors (Lipinski definition) is 1. The molecule has 1 unspecified atom stereocenters. The van der Waals surface area contributed by atoms with Crippen molar-refractivity contribution in [1.82, 2.24) is 14.8 Å². The number of carbonyl (C=O) groups is 1. The molecule has 1 aromatic carbocycles. The first-order valence-electron chi connectivity index (χ1n) is 7.93. The molecule has 0 radical (unpaired) electrons. The summed E-state index contributed by atoms with van der Waals surface area (Å²) < 4.78 is 0. The van der Waals surface area contributed by atoms with Crippen molar-refractivity contribution in [3.05, 3.63) is 70.8 Å². The van der Waals surface area contributed by atoms with E-state index in [1.165, 1.54) is 0 Å². The van der Waals surface area contributed by atoms with E-state index in [2.05, 4.69) is 4.98 Å². The van der Waals surface area contributed by atoms with Gasteiger partial charge < -0.3 is 14.9 Å². The highest BCUT2D eigenvalue weighted by molar-refractivity contribution is 8.00. The second-order valence-corrected chi connectivity index (χ2v) is 7.43. The molecule has 1 saturated heterocycles. The Balaban J connectivity index is 1.76. The fraction of sp³-hybridized carbons (Fsp3) is 0.222. The van der Waals surface area contributed by atoms with Crippen LogP contribution < -0.4 is 0 Å². The van der Waals surface area contributed by atoms with Gasteiger partial charge in [0.25, 0.3) is 5.91 Å². The molecule has 1 aromatic heterocycles. The number of halogens is 1. The first kappa shape index (κ1) is 16.3. The van der Waals surface area contributed by atoms with Crippen molar-refractivity contribution in [2.75, 3.05) is 12.3 Å². The number of carbonyl (C=O) groups excluding carboxylic acids is 1. The Labute approximate surface area is 154 Å². The van der Waals surface area contributed by atoms with Crippen molar-refractivity contribution in [3.63, 3.8) is 0 Å². The van der Waals surface area contributed by atoms with Crippen molar-refractivity contribution in [1.29, 1.82) is 0 Å². The second kappa shape index (κ2) is 6.61. The van der Waals surface area contributed by atoms with Gasteiger partial charge in [0, 0.05) is 18.5 Å². The van der Waals surface area contributed by atoms with Gasteiger partial charge in [-0.25, -0.2) is 4.98 Å². The van der Waals surface area contributed by atoms with E-state index in [0.29, 0.717) is 23.8 Å². The van der Waals surface area contributed by atoms with Crippen molar-refractivity contribution in [2.45, 2.75) is 12.0 Å². The third kappa shape index (κ3) is 2.96. The van der Waals surface area contributed by atoms with Gasteiger partial charge in [0.1, 0.15) is 10.7 Å². The smallest absolute Gasteiger partial charge is 0.262 e. The molecule has 4 rings (SSSR count). The summed E-state index contributed by atoms with van der Waals surface area (Å²) in [7, 11) is 0. The fourth-order valence-corrected chi connectivity index (χ4v) is 4.47. The molecule has 1 N–H and O–H groups in total. The molecule has 5 nitrogen and oxygen atoms in total. The number of amides is 1. The number of pyridine rings is 1. The third-order valence-corrected chi connectivity index (χ3v) is 5.76. The van der Waals surface area contributed by atoms with Crippen LogP contribution in [0.2, 0.25) is 5.15 Å². The molecule has 7 heteroatoms. The molecule has 0 spiro atoms. The molecule has 1 fully saturated rings. The molecule has 3 heterocycles. The molecule has 2 aliphatic rings. The van der Waals surface area contributed by atoms with Crippen LogP contribution in [0.25, 0.3) is 5.57 Å². The van der Waals surface area contributed by atoms with Crippen molar-refractivity contribution in [2.24, 2.45) is 0 Å². The number of thioether (sulfide) groups is 1. The minimum atomic E-state index is -0.198. The summed E-state index contributed by atoms with van der Waals surface area (Å²) in [4.78, 5) is 20.7. The molecule has 1 amide bonds. The number of fused-ring (bicyclic) bond motifs is 1. The van der Waals surface area contributed by atoms with Crippen LogP contribution >= 0.6 is 23.4 Å². The zero-order valence-electron chi connectivity index (χ0n) is 13.3. The molecule has 128 valence electrons. The van der Waals surface area contributed by atoms with Gasteiger partial charge in [0.2, 0.25) is 5.88 Å². The van der Waals surface area contributed by atoms with Crippen LogP contribution in [-0.2, 0) is 11.3 Å². The quantitative estimate of drug-likeness (QED) is 0.836. The minimum Gasteiger partial charge on any atom is -0.494 e. The molecule has 1 atom stereocenters. The Morgan fingerprint density at radius 3 is 2.76 bits per heavy atom. The molecular weight excluding hydrogens is 358 g/mol. The highest BCUT2D eigenvalue weighted by Crippen LogP contribution is 2.39. The number of aliphatic hydroxyl groups is 1. The summed E-state index contributed by atoms with van der Waals surface area (Å²) in [6, 6.07) is 12.9. The third-order valence-electron chi connectivity index (χ3n) is 4.31. The highest BCUT2D eigenvalue weighted by atomic mass is 35.5. The van der Waals surface area contributed by atoms with E-state index >= 15 is 0 Å². The number of aromatic nitrogens is 1. The van der Waals surface area contributed by atoms with Crippen LogP contribution in [-0.4, -0.2) is 43.6 Å². The van der Waals surface area contributed by atoms with Crippen LogP contribution in [0.3, 0.4) is 0 Å². The standard InChI is InChI=1S/C18H16ClN3O2S/c19-14-7-6-12(10-20-14)11-22-17(24)15(13-4-2-1-3-5-13)16(23)21-8-9-25-18(21)22/h1-7,10,18,24H,8-9,11H2. The van der Waals surface area contributed by atoms with Crippen molar-refractivity contribution in [3.8, 4) is 0 Å². The Hall–Kier alpha value is -2.18. The summed E-state index contributed by atoms with van der Waals surface area (Å²) in [6.45, 7) is 1.13. The van der Waals surface area contributed by atoms with Gasteiger partial charge in [-0.2, -0.15) is 0 Å². The summed E-state index contributed by atoms with van der Waals surface area (Å²) in [5.74, 6) is 0.743. The Morgan fingerprint density at radius 1 is 1.24 bits per heavy atom. The maximum absolute atomic E-state index is 12.9. The van der Waals surface area contributed by atoms with Crippen LogP contribution in [0.5, 0.6) is 0 Å². The molecule has 25 heavy (non-hydrogen) atoms. The lowest BCUT2D eigenvalue weighted by Gasteiger charge is -2.40. The van der Waals surface area contributed by atoms with Crippen LogP contribution in [0.1, 0.15) is 11.1 Å². The first-order valence-corrected chi connectivity index (χ1v) is 9.36. The fourth-order valence-electron chi connectivity index (χ4n) is 3.11. The summed E-state index contributed by atoms with van der Waals surface area (Å²) >= 11 is 7.51. The van der Waals surface area contributed by atoms with Gasteiger partial charge in [0.05, 0.1) is 6.54 Å². The number of hydrogen-bond acceptors (Lipinski definition) is 5. The largest absolute Gasteiger partial charge is 0.494 e. The Morgan fingerprint density at radius 2 is 2.04 bits per heavy atom. The molecule has 2 aromatic rings. The van der Waals surface area contributed by atoms with E-state index in [1.54, 1.807) is 24.0 Å². The predicted octanol–water partition coefficient (Wildman–Crippen LogP) is 3.34. The molecular formula is C18H16ClN3O2S. The average molecular weight is 374 g/mol. The summed E-state index contributed by atoms with van der Waals surface area (Å²) in [6.07, 6.45) is 1.69. The van der Waals surface area contributed by atoms with Crippen molar-refractivity contribution >= 4 is 34.8 Å². The first-order chi connectivity index (χ1) is 12.1. The van der Waals surface area contributed by atoms with Gasteiger partial charge >= 0.3 is 0 Å². The van der Waals surface area contributed by atoms with Gasteiger partial charge in [-0.3, -0.25) is 4.79 Å². The number of benzene rings is 1. The SMILES string of the molecule is O=C1C(c2ccccc2)=C(O)N(Cc2ccc(Cl)nc2)C2SCCN12. The monoisotopic (exact) mass is 373 g/mol. The normalized spacial score (nSPS) is 20.2. The molecule has 2 aliphatic heterocycles. The maximum atomic E-state index is 12.9. The Kier molecular flexibility index (Phi) is 4.31. The van der Waals surface area contributed by atoms with Crippen LogP contribution in [0, 0.1) is 0 Å².